The Hall–Kier alpha value is -6.89. The molecule has 0 saturated heterocycles. The van der Waals surface area contributed by atoms with Crippen LogP contribution in [0.2, 0.25) is 0 Å². The molecule has 0 bridgehead atoms. The zero-order valence-electron chi connectivity index (χ0n) is 27.4. The highest BCUT2D eigenvalue weighted by molar-refractivity contribution is 6.13. The molecule has 0 N–H and O–H groups in total. The van der Waals surface area contributed by atoms with Crippen molar-refractivity contribution in [3.8, 4) is 57.0 Å². The van der Waals surface area contributed by atoms with Gasteiger partial charge in [-0.2, -0.15) is 5.26 Å². The summed E-state index contributed by atoms with van der Waals surface area (Å²) in [6, 6.07) is 46.9. The minimum absolute atomic E-state index is 0.292. The van der Waals surface area contributed by atoms with Gasteiger partial charge in [0.1, 0.15) is 6.07 Å². The van der Waals surface area contributed by atoms with Crippen molar-refractivity contribution in [2.45, 2.75) is 19.3 Å². The van der Waals surface area contributed by atoms with E-state index in [1.54, 1.807) is 6.07 Å². The second-order valence-corrected chi connectivity index (χ2v) is 13.1. The van der Waals surface area contributed by atoms with E-state index in [-0.39, 0.29) is 5.41 Å². The van der Waals surface area contributed by atoms with Gasteiger partial charge in [0, 0.05) is 32.9 Å². The Morgan fingerprint density at radius 1 is 0.640 bits per heavy atom. The summed E-state index contributed by atoms with van der Waals surface area (Å²) >= 11 is 0. The lowest BCUT2D eigenvalue weighted by atomic mass is 9.81. The van der Waals surface area contributed by atoms with Crippen molar-refractivity contribution in [3.05, 3.63) is 162 Å². The fourth-order valence-electron chi connectivity index (χ4n) is 7.62. The smallest absolute Gasteiger partial charge is 0.200 e. The van der Waals surface area contributed by atoms with Gasteiger partial charge >= 0.3 is 0 Å². The van der Waals surface area contributed by atoms with Crippen molar-refractivity contribution in [2.75, 3.05) is 0 Å². The molecule has 0 unspecified atom stereocenters. The molecule has 2 heterocycles. The first kappa shape index (κ1) is 29.3. The number of hydrogen-bond acceptors (Lipinski definition) is 4. The fraction of sp³-hybridized carbons (Fsp3) is 0.0682. The summed E-state index contributed by atoms with van der Waals surface area (Å²) in [6.45, 7) is 12.9. The van der Waals surface area contributed by atoms with Gasteiger partial charge < -0.3 is 4.57 Å². The number of benzene rings is 6. The van der Waals surface area contributed by atoms with Crippen LogP contribution in [-0.4, -0.2) is 19.5 Å². The molecule has 1 aliphatic carbocycles. The van der Waals surface area contributed by atoms with Gasteiger partial charge in [-0.25, -0.2) is 19.8 Å². The zero-order valence-corrected chi connectivity index (χ0v) is 27.4. The number of fused-ring (bicyclic) bond motifs is 7. The van der Waals surface area contributed by atoms with Crippen LogP contribution in [0.15, 0.2) is 133 Å². The van der Waals surface area contributed by atoms with E-state index in [1.807, 2.05) is 78.9 Å². The Morgan fingerprint density at radius 3 is 1.94 bits per heavy atom. The van der Waals surface area contributed by atoms with Gasteiger partial charge in [0.15, 0.2) is 23.2 Å². The average Bonchev–Trinajstić information content (AvgIpc) is 3.63. The van der Waals surface area contributed by atoms with Crippen molar-refractivity contribution in [1.82, 2.24) is 19.5 Å². The number of nitrogens with zero attached hydrogens (tertiary/aromatic N) is 6. The molecule has 0 aliphatic heterocycles. The number of hydrogen-bond donors (Lipinski definition) is 0. The summed E-state index contributed by atoms with van der Waals surface area (Å²) in [4.78, 5) is 18.6. The summed E-state index contributed by atoms with van der Waals surface area (Å²) in [5.41, 5.74) is 10.2. The predicted molar refractivity (Wildman–Crippen MR) is 199 cm³/mol. The number of rotatable bonds is 4. The Labute approximate surface area is 289 Å². The first-order valence-corrected chi connectivity index (χ1v) is 16.5. The van der Waals surface area contributed by atoms with Crippen LogP contribution >= 0.6 is 0 Å². The van der Waals surface area contributed by atoms with E-state index in [1.165, 1.54) is 22.3 Å². The first-order valence-electron chi connectivity index (χ1n) is 16.5. The maximum Gasteiger partial charge on any atom is 0.200 e. The molecule has 9 rings (SSSR count). The third-order valence-electron chi connectivity index (χ3n) is 9.89. The Morgan fingerprint density at radius 2 is 1.26 bits per heavy atom. The lowest BCUT2D eigenvalue weighted by molar-refractivity contribution is 0.664. The highest BCUT2D eigenvalue weighted by Crippen LogP contribution is 2.53. The Kier molecular flexibility index (Phi) is 6.49. The molecule has 0 saturated carbocycles. The van der Waals surface area contributed by atoms with E-state index in [0.717, 1.165) is 32.9 Å². The quantitative estimate of drug-likeness (QED) is 0.179. The van der Waals surface area contributed by atoms with Crippen LogP contribution in [0.5, 0.6) is 0 Å². The second-order valence-electron chi connectivity index (χ2n) is 13.1. The predicted octanol–water partition coefficient (Wildman–Crippen LogP) is 10.7. The first-order chi connectivity index (χ1) is 24.5. The van der Waals surface area contributed by atoms with Gasteiger partial charge in [-0.15, -0.1) is 0 Å². The van der Waals surface area contributed by atoms with Crippen LogP contribution in [0.4, 0.5) is 5.69 Å². The van der Waals surface area contributed by atoms with Crippen molar-refractivity contribution in [1.29, 1.82) is 5.26 Å². The number of nitriles is 1. The fourth-order valence-corrected chi connectivity index (χ4v) is 7.62. The van der Waals surface area contributed by atoms with Crippen LogP contribution < -0.4 is 0 Å². The van der Waals surface area contributed by atoms with Crippen molar-refractivity contribution in [2.24, 2.45) is 0 Å². The number of para-hydroxylation sites is 1. The standard InChI is InChI=1S/C44H28N6/c1-44(2)35-20-12-10-18-30(35)32-22-23-33-31-19-11-13-21-37(31)50(40(33)39(32)44)38-25-36(46-3)34(24-29(38)26-45)43-48-41(27-14-6-4-7-15-27)47-42(49-43)28-16-8-5-9-17-28/h4-25H,1-2H3. The molecular formula is C44H28N6. The molecule has 8 aromatic rings. The third-order valence-corrected chi connectivity index (χ3v) is 9.89. The molecule has 0 atom stereocenters. The lowest BCUT2D eigenvalue weighted by Crippen LogP contribution is -2.16. The zero-order chi connectivity index (χ0) is 34.0. The van der Waals surface area contributed by atoms with Gasteiger partial charge in [-0.3, -0.25) is 0 Å². The van der Waals surface area contributed by atoms with Gasteiger partial charge in [0.2, 0.25) is 0 Å². The molecule has 0 fully saturated rings. The summed E-state index contributed by atoms with van der Waals surface area (Å²) in [5.74, 6) is 1.33. The number of aromatic nitrogens is 4. The molecule has 0 spiro atoms. The topological polar surface area (TPSA) is 71.8 Å². The molecule has 1 aliphatic rings. The molecule has 0 radical (unpaired) electrons. The van der Waals surface area contributed by atoms with E-state index in [4.69, 9.17) is 21.5 Å². The summed E-state index contributed by atoms with van der Waals surface area (Å²) in [6.07, 6.45) is 0. The maximum atomic E-state index is 10.8. The van der Waals surface area contributed by atoms with Gasteiger partial charge in [0.25, 0.3) is 0 Å². The Balaban J connectivity index is 1.33. The van der Waals surface area contributed by atoms with Crippen LogP contribution in [0.25, 0.3) is 77.6 Å². The van der Waals surface area contributed by atoms with Crippen LogP contribution in [-0.2, 0) is 5.41 Å². The molecule has 0 amide bonds. The van der Waals surface area contributed by atoms with E-state index in [0.29, 0.717) is 40.0 Å². The molecular weight excluding hydrogens is 613 g/mol. The normalized spacial score (nSPS) is 12.7. The molecule has 6 heteroatoms. The molecule has 234 valence electrons. The third kappa shape index (κ3) is 4.29. The minimum Gasteiger partial charge on any atom is -0.309 e. The van der Waals surface area contributed by atoms with E-state index < -0.39 is 0 Å². The van der Waals surface area contributed by atoms with E-state index in [2.05, 4.69) is 77.9 Å². The summed E-state index contributed by atoms with van der Waals surface area (Å²) < 4.78 is 2.19. The van der Waals surface area contributed by atoms with Gasteiger partial charge in [-0.05, 0) is 40.5 Å². The molecule has 6 nitrogen and oxygen atoms in total. The maximum absolute atomic E-state index is 10.8. The van der Waals surface area contributed by atoms with Gasteiger partial charge in [0.05, 0.1) is 28.9 Å². The van der Waals surface area contributed by atoms with Crippen LogP contribution in [0, 0.1) is 17.9 Å². The van der Waals surface area contributed by atoms with E-state index >= 15 is 0 Å². The average molecular weight is 641 g/mol. The highest BCUT2D eigenvalue weighted by Gasteiger charge is 2.38. The molecule has 6 aromatic carbocycles. The molecule has 50 heavy (non-hydrogen) atoms. The van der Waals surface area contributed by atoms with E-state index in [9.17, 15) is 5.26 Å². The SMILES string of the molecule is [C-]#[N+]c1cc(-n2c3ccccc3c3ccc4c(c32)C(C)(C)c2ccccc2-4)c(C#N)cc1-c1nc(-c2ccccc2)nc(-c2ccccc2)n1. The van der Waals surface area contributed by atoms with Crippen LogP contribution in [0.3, 0.4) is 0 Å². The monoisotopic (exact) mass is 640 g/mol. The summed E-state index contributed by atoms with van der Waals surface area (Å²) in [7, 11) is 0. The second kappa shape index (κ2) is 11.1. The molecule has 2 aromatic heterocycles. The lowest BCUT2D eigenvalue weighted by Gasteiger charge is -2.24. The van der Waals surface area contributed by atoms with Crippen LogP contribution in [0.1, 0.15) is 30.5 Å². The Bertz CT molecular complexity index is 2690. The van der Waals surface area contributed by atoms with Crippen molar-refractivity contribution >= 4 is 27.5 Å². The highest BCUT2D eigenvalue weighted by atomic mass is 15.0. The van der Waals surface area contributed by atoms with Gasteiger partial charge in [-0.1, -0.05) is 129 Å². The minimum atomic E-state index is -0.292. The summed E-state index contributed by atoms with van der Waals surface area (Å²) in [5, 5.41) is 13.0. The largest absolute Gasteiger partial charge is 0.309 e. The van der Waals surface area contributed by atoms with Crippen molar-refractivity contribution < 1.29 is 0 Å². The van der Waals surface area contributed by atoms with Crippen molar-refractivity contribution in [3.63, 3.8) is 0 Å².